The van der Waals surface area contributed by atoms with E-state index in [1.165, 1.54) is 6.33 Å². The molecule has 0 saturated carbocycles. The lowest BCUT2D eigenvalue weighted by Gasteiger charge is -2.38. The molecule has 0 aliphatic carbocycles. The SMILES string of the molecule is CC12NC(=O)N(C3CCN(c4cc(C(=O)N5CCc6cc(Br)ccc65)ncn4)CC3)C1=C=Nc1ccccc12. The summed E-state index contributed by atoms with van der Waals surface area (Å²) >= 11 is 3.51. The van der Waals surface area contributed by atoms with Crippen molar-refractivity contribution in [2.24, 2.45) is 4.99 Å². The maximum absolute atomic E-state index is 13.4. The van der Waals surface area contributed by atoms with Crippen LogP contribution < -0.4 is 15.1 Å². The third-order valence-electron chi connectivity index (χ3n) is 8.22. The van der Waals surface area contributed by atoms with E-state index < -0.39 is 5.54 Å². The topological polar surface area (TPSA) is 94.0 Å². The Morgan fingerprint density at radius 2 is 1.92 bits per heavy atom. The van der Waals surface area contributed by atoms with Gasteiger partial charge in [0.2, 0.25) is 0 Å². The largest absolute Gasteiger partial charge is 0.356 e. The molecule has 3 amide bonds. The highest BCUT2D eigenvalue weighted by atomic mass is 79.9. The standard InChI is InChI=1S/C29H26BrN7O2/c1-29-21-4-2-3-5-22(21)31-16-25(29)37(28(39)34-29)20-9-11-35(12-10-20)26-15-23(32-17-33-26)27(38)36-13-8-18-14-19(30)6-7-24(18)36/h2-7,14-15,17,20H,8-13H2,1H3,(H,34,39). The van der Waals surface area contributed by atoms with Gasteiger partial charge in [-0.15, -0.1) is 0 Å². The summed E-state index contributed by atoms with van der Waals surface area (Å²) in [5, 5.41) is 3.18. The number of amides is 3. The summed E-state index contributed by atoms with van der Waals surface area (Å²) < 4.78 is 1.01. The van der Waals surface area contributed by atoms with E-state index in [0.717, 1.165) is 57.8 Å². The lowest BCUT2D eigenvalue weighted by molar-refractivity contribution is 0.0984. The molecule has 1 aromatic heterocycles. The molecule has 9 nitrogen and oxygen atoms in total. The number of fused-ring (bicyclic) bond motifs is 4. The number of anilines is 2. The van der Waals surface area contributed by atoms with E-state index in [1.54, 1.807) is 11.0 Å². The van der Waals surface area contributed by atoms with E-state index in [9.17, 15) is 9.59 Å². The molecule has 1 atom stereocenters. The Bertz CT molecular complexity index is 1590. The van der Waals surface area contributed by atoms with Gasteiger partial charge in [-0.3, -0.25) is 9.69 Å². The van der Waals surface area contributed by atoms with Crippen LogP contribution in [0.25, 0.3) is 0 Å². The van der Waals surface area contributed by atoms with Crippen molar-refractivity contribution in [3.63, 3.8) is 0 Å². The summed E-state index contributed by atoms with van der Waals surface area (Å²) in [5.74, 6) is 3.77. The molecule has 0 spiro atoms. The highest BCUT2D eigenvalue weighted by molar-refractivity contribution is 9.10. The van der Waals surface area contributed by atoms with Gasteiger partial charge in [-0.1, -0.05) is 34.1 Å². The van der Waals surface area contributed by atoms with Crippen LogP contribution in [0.5, 0.6) is 0 Å². The molecular formula is C29H26BrN7O2. The Labute approximate surface area is 234 Å². The predicted molar refractivity (Wildman–Crippen MR) is 152 cm³/mol. The van der Waals surface area contributed by atoms with Gasteiger partial charge in [0.15, 0.2) is 0 Å². The molecule has 0 bridgehead atoms. The number of benzene rings is 2. The summed E-state index contributed by atoms with van der Waals surface area (Å²) in [6.45, 7) is 4.07. The molecular weight excluding hydrogens is 558 g/mol. The van der Waals surface area contributed by atoms with Crippen molar-refractivity contribution < 1.29 is 9.59 Å². The highest BCUT2D eigenvalue weighted by Gasteiger charge is 2.50. The Balaban J connectivity index is 1.07. The first-order valence-corrected chi connectivity index (χ1v) is 13.9. The average Bonchev–Trinajstić information content (AvgIpc) is 3.49. The lowest BCUT2D eigenvalue weighted by atomic mass is 9.86. The highest BCUT2D eigenvalue weighted by Crippen LogP contribution is 2.44. The molecule has 196 valence electrons. The maximum Gasteiger partial charge on any atom is 0.323 e. The minimum Gasteiger partial charge on any atom is -0.356 e. The third kappa shape index (κ3) is 3.85. The van der Waals surface area contributed by atoms with Gasteiger partial charge in [0.25, 0.3) is 5.91 Å². The first-order valence-electron chi connectivity index (χ1n) is 13.1. The van der Waals surface area contributed by atoms with Crippen molar-refractivity contribution in [3.8, 4) is 0 Å². The van der Waals surface area contributed by atoms with Crippen LogP contribution in [-0.2, 0) is 12.0 Å². The maximum atomic E-state index is 13.4. The first kappa shape index (κ1) is 24.1. The summed E-state index contributed by atoms with van der Waals surface area (Å²) in [7, 11) is 0. The van der Waals surface area contributed by atoms with E-state index in [4.69, 9.17) is 0 Å². The Morgan fingerprint density at radius 1 is 1.10 bits per heavy atom. The number of carbonyl (C=O) groups excluding carboxylic acids is 2. The second-order valence-corrected chi connectivity index (χ2v) is 11.4. The number of nitrogens with one attached hydrogen (secondary N) is 1. The van der Waals surface area contributed by atoms with Crippen LogP contribution in [0.4, 0.5) is 22.0 Å². The zero-order chi connectivity index (χ0) is 26.7. The molecule has 4 aliphatic heterocycles. The molecule has 3 aromatic rings. The summed E-state index contributed by atoms with van der Waals surface area (Å²) in [6.07, 6.45) is 3.81. The molecule has 2 fully saturated rings. The number of urea groups is 1. The minimum absolute atomic E-state index is 0.0226. The zero-order valence-electron chi connectivity index (χ0n) is 21.4. The van der Waals surface area contributed by atoms with Crippen molar-refractivity contribution in [1.82, 2.24) is 20.2 Å². The number of hydrogen-bond acceptors (Lipinski definition) is 6. The van der Waals surface area contributed by atoms with E-state index in [1.807, 2.05) is 48.2 Å². The molecule has 10 heteroatoms. The number of halogens is 1. The fourth-order valence-electron chi connectivity index (χ4n) is 6.20. The minimum atomic E-state index is -0.640. The van der Waals surface area contributed by atoms with Crippen LogP contribution in [0.1, 0.15) is 41.4 Å². The Kier molecular flexibility index (Phi) is 5.57. The quantitative estimate of drug-likeness (QED) is 0.488. The van der Waals surface area contributed by atoms with Gasteiger partial charge in [-0.05, 0) is 56.0 Å². The van der Waals surface area contributed by atoms with Gasteiger partial charge in [0, 0.05) is 53.3 Å². The number of nitrogens with zero attached hydrogens (tertiary/aromatic N) is 6. The van der Waals surface area contributed by atoms with E-state index in [-0.39, 0.29) is 18.0 Å². The van der Waals surface area contributed by atoms with Crippen LogP contribution in [0.2, 0.25) is 0 Å². The number of aliphatic imine (C=N–C) groups is 1. The Morgan fingerprint density at radius 3 is 2.77 bits per heavy atom. The van der Waals surface area contributed by atoms with E-state index in [2.05, 4.69) is 53.0 Å². The van der Waals surface area contributed by atoms with Crippen LogP contribution in [0, 0.1) is 0 Å². The van der Waals surface area contributed by atoms with Crippen molar-refractivity contribution in [2.75, 3.05) is 29.4 Å². The summed E-state index contributed by atoms with van der Waals surface area (Å²) in [4.78, 5) is 45.7. The van der Waals surface area contributed by atoms with Crippen LogP contribution >= 0.6 is 15.9 Å². The van der Waals surface area contributed by atoms with E-state index >= 15 is 0 Å². The molecule has 2 aromatic carbocycles. The van der Waals surface area contributed by atoms with Crippen LogP contribution in [0.3, 0.4) is 0 Å². The van der Waals surface area contributed by atoms with Crippen molar-refractivity contribution in [1.29, 1.82) is 0 Å². The monoisotopic (exact) mass is 583 g/mol. The second kappa shape index (κ2) is 9.03. The van der Waals surface area contributed by atoms with Gasteiger partial charge in [-0.25, -0.2) is 19.8 Å². The summed E-state index contributed by atoms with van der Waals surface area (Å²) in [5.41, 5.74) is 4.42. The molecule has 0 radical (unpaired) electrons. The van der Waals surface area contributed by atoms with Gasteiger partial charge >= 0.3 is 6.03 Å². The number of para-hydroxylation sites is 1. The molecule has 39 heavy (non-hydrogen) atoms. The zero-order valence-corrected chi connectivity index (χ0v) is 23.0. The van der Waals surface area contributed by atoms with Gasteiger partial charge in [-0.2, -0.15) is 0 Å². The predicted octanol–water partition coefficient (Wildman–Crippen LogP) is 4.55. The van der Waals surface area contributed by atoms with Crippen molar-refractivity contribution in [2.45, 2.75) is 37.8 Å². The molecule has 2 saturated heterocycles. The van der Waals surface area contributed by atoms with Crippen LogP contribution in [-0.4, -0.2) is 58.4 Å². The first-order chi connectivity index (χ1) is 18.9. The average molecular weight is 584 g/mol. The smallest absolute Gasteiger partial charge is 0.323 e. The molecule has 1 unspecified atom stereocenters. The number of carbonyl (C=O) groups is 2. The van der Waals surface area contributed by atoms with Gasteiger partial charge in [0.05, 0.1) is 5.69 Å². The van der Waals surface area contributed by atoms with Gasteiger partial charge in [0.1, 0.15) is 29.1 Å². The third-order valence-corrected chi connectivity index (χ3v) is 8.72. The molecule has 1 N–H and O–H groups in total. The van der Waals surface area contributed by atoms with E-state index in [0.29, 0.717) is 25.3 Å². The van der Waals surface area contributed by atoms with Crippen molar-refractivity contribution >= 4 is 50.9 Å². The Hall–Kier alpha value is -4.01. The normalized spacial score (nSPS) is 21.8. The van der Waals surface area contributed by atoms with Crippen molar-refractivity contribution in [3.05, 3.63) is 81.8 Å². The lowest BCUT2D eigenvalue weighted by Crippen LogP contribution is -2.46. The number of rotatable bonds is 3. The number of piperidine rings is 1. The molecule has 4 aliphatic rings. The molecule has 7 rings (SSSR count). The number of aromatic nitrogens is 2. The molecule has 5 heterocycles. The number of hydrogen-bond donors (Lipinski definition) is 1. The fraction of sp³-hybridized carbons (Fsp3) is 0.310. The van der Waals surface area contributed by atoms with Crippen LogP contribution in [0.15, 0.2) is 70.0 Å². The second-order valence-electron chi connectivity index (χ2n) is 10.5. The fourth-order valence-corrected chi connectivity index (χ4v) is 6.61. The van der Waals surface area contributed by atoms with Gasteiger partial charge < -0.3 is 15.1 Å². The summed E-state index contributed by atoms with van der Waals surface area (Å²) in [6, 6.07) is 15.6.